The molecule has 1 N–H and O–H groups in total. The summed E-state index contributed by atoms with van der Waals surface area (Å²) in [4.78, 5) is 34.3. The fourth-order valence-corrected chi connectivity index (χ4v) is 7.72. The van der Waals surface area contributed by atoms with Gasteiger partial charge in [0, 0.05) is 35.2 Å². The van der Waals surface area contributed by atoms with Crippen molar-refractivity contribution in [3.63, 3.8) is 0 Å². The second-order valence-corrected chi connectivity index (χ2v) is 13.2. The lowest BCUT2D eigenvalue weighted by molar-refractivity contribution is -0.159. The minimum absolute atomic E-state index is 0.0339. The van der Waals surface area contributed by atoms with Gasteiger partial charge >= 0.3 is 12.1 Å². The van der Waals surface area contributed by atoms with E-state index in [1.807, 2.05) is 84.9 Å². The molecule has 0 aliphatic carbocycles. The van der Waals surface area contributed by atoms with E-state index in [4.69, 9.17) is 14.2 Å². The molecule has 1 unspecified atom stereocenters. The number of rotatable bonds is 13. The molecule has 0 saturated carbocycles. The first-order valence-corrected chi connectivity index (χ1v) is 17.3. The van der Waals surface area contributed by atoms with Gasteiger partial charge in [0.2, 0.25) is 0 Å². The molecule has 9 heteroatoms. The van der Waals surface area contributed by atoms with Crippen LogP contribution in [-0.2, 0) is 26.6 Å². The van der Waals surface area contributed by atoms with Gasteiger partial charge in [-0.2, -0.15) is 11.8 Å². The number of methoxy groups -OCH3 is 1. The average molecular weight is 652 g/mol. The van der Waals surface area contributed by atoms with Crippen molar-refractivity contribution in [2.24, 2.45) is 11.8 Å². The van der Waals surface area contributed by atoms with Gasteiger partial charge in [-0.05, 0) is 66.6 Å². The van der Waals surface area contributed by atoms with Gasteiger partial charge in [0.15, 0.2) is 0 Å². The molecule has 1 aromatic heterocycles. The number of nitrogens with zero attached hydrogens (tertiary/aromatic N) is 2. The van der Waals surface area contributed by atoms with E-state index in [2.05, 4.69) is 27.9 Å². The van der Waals surface area contributed by atoms with Crippen LogP contribution in [0, 0.1) is 11.8 Å². The number of benzene rings is 3. The molecule has 0 radical (unpaired) electrons. The van der Waals surface area contributed by atoms with E-state index in [9.17, 15) is 9.59 Å². The third kappa shape index (κ3) is 7.97. The van der Waals surface area contributed by atoms with Crippen LogP contribution in [0.2, 0.25) is 0 Å². The van der Waals surface area contributed by atoms with Crippen LogP contribution in [-0.4, -0.2) is 60.0 Å². The van der Waals surface area contributed by atoms with Gasteiger partial charge in [0.05, 0.1) is 18.7 Å². The molecule has 3 aliphatic rings. The lowest BCUT2D eigenvalue weighted by Crippen LogP contribution is -2.56. The summed E-state index contributed by atoms with van der Waals surface area (Å²) in [5, 5.41) is 3.70. The number of aromatic nitrogens is 1. The van der Waals surface area contributed by atoms with Crippen LogP contribution in [0.25, 0.3) is 10.9 Å². The fourth-order valence-electron chi connectivity index (χ4n) is 6.71. The van der Waals surface area contributed by atoms with Crippen molar-refractivity contribution in [2.75, 3.05) is 26.0 Å². The predicted molar refractivity (Wildman–Crippen MR) is 185 cm³/mol. The van der Waals surface area contributed by atoms with Gasteiger partial charge in [0.25, 0.3) is 0 Å². The Morgan fingerprint density at radius 3 is 2.53 bits per heavy atom. The number of amides is 1. The third-order valence-corrected chi connectivity index (χ3v) is 10.3. The van der Waals surface area contributed by atoms with Gasteiger partial charge in [0.1, 0.15) is 24.5 Å². The van der Waals surface area contributed by atoms with Gasteiger partial charge < -0.3 is 19.5 Å². The smallest absolute Gasteiger partial charge is 0.408 e. The molecule has 3 fully saturated rings. The van der Waals surface area contributed by atoms with E-state index in [0.717, 1.165) is 53.5 Å². The number of pyridine rings is 1. The first-order valence-electron chi connectivity index (χ1n) is 16.1. The van der Waals surface area contributed by atoms with Crippen molar-refractivity contribution >= 4 is 34.7 Å². The van der Waals surface area contributed by atoms with Crippen LogP contribution in [0.1, 0.15) is 35.6 Å². The Balaban J connectivity index is 1.27. The maximum atomic E-state index is 14.2. The molecule has 0 spiro atoms. The molecule has 3 aromatic carbocycles. The number of piperidine rings is 3. The van der Waals surface area contributed by atoms with Gasteiger partial charge in [-0.3, -0.25) is 9.88 Å². The summed E-state index contributed by atoms with van der Waals surface area (Å²) in [6, 6.07) is 26.2. The van der Waals surface area contributed by atoms with Crippen molar-refractivity contribution in [1.29, 1.82) is 0 Å². The highest BCUT2D eigenvalue weighted by Crippen LogP contribution is 2.44. The van der Waals surface area contributed by atoms with E-state index >= 15 is 0 Å². The third-order valence-electron chi connectivity index (χ3n) is 9.22. The largest absolute Gasteiger partial charge is 0.497 e. The van der Waals surface area contributed by atoms with E-state index in [-0.39, 0.29) is 12.6 Å². The Kier molecular flexibility index (Phi) is 10.7. The lowest BCUT2D eigenvalue weighted by atomic mass is 9.73. The zero-order valence-corrected chi connectivity index (χ0v) is 27.4. The molecule has 3 aliphatic heterocycles. The topological polar surface area (TPSA) is 90.0 Å². The summed E-state index contributed by atoms with van der Waals surface area (Å²) in [5.74, 6) is 2.09. The minimum Gasteiger partial charge on any atom is -0.497 e. The minimum atomic E-state index is -0.922. The number of hydrogen-bond acceptors (Lipinski definition) is 8. The van der Waals surface area contributed by atoms with E-state index in [1.54, 1.807) is 25.1 Å². The van der Waals surface area contributed by atoms with Crippen LogP contribution in [0.3, 0.4) is 0 Å². The molecular formula is C38H41N3O5S. The van der Waals surface area contributed by atoms with Gasteiger partial charge in [-0.1, -0.05) is 66.7 Å². The van der Waals surface area contributed by atoms with Crippen LogP contribution < -0.4 is 10.1 Å². The van der Waals surface area contributed by atoms with Gasteiger partial charge in [-0.25, -0.2) is 9.59 Å². The van der Waals surface area contributed by atoms with Crippen LogP contribution in [0.15, 0.2) is 104 Å². The van der Waals surface area contributed by atoms with Crippen molar-refractivity contribution in [3.05, 3.63) is 120 Å². The molecule has 4 heterocycles. The Bertz CT molecular complexity index is 1670. The van der Waals surface area contributed by atoms with Crippen LogP contribution >= 0.6 is 11.8 Å². The number of carbonyl (C=O) groups is 2. The maximum Gasteiger partial charge on any atom is 0.408 e. The highest BCUT2D eigenvalue weighted by Gasteiger charge is 2.45. The molecule has 2 bridgehead atoms. The number of thioether (sulfide) groups is 1. The molecule has 244 valence electrons. The normalized spacial score (nSPS) is 21.4. The molecule has 8 nitrogen and oxygen atoms in total. The van der Waals surface area contributed by atoms with Crippen molar-refractivity contribution in [3.8, 4) is 5.75 Å². The van der Waals surface area contributed by atoms with Gasteiger partial charge in [-0.15, -0.1) is 6.58 Å². The summed E-state index contributed by atoms with van der Waals surface area (Å²) < 4.78 is 17.6. The number of ether oxygens (including phenoxy) is 3. The zero-order chi connectivity index (χ0) is 32.6. The Labute approximate surface area is 280 Å². The highest BCUT2D eigenvalue weighted by atomic mass is 32.2. The number of hydrogen-bond donors (Lipinski definition) is 1. The summed E-state index contributed by atoms with van der Waals surface area (Å²) in [7, 11) is 1.64. The summed E-state index contributed by atoms with van der Waals surface area (Å²) in [6.45, 7) is 5.99. The standard InChI is InChI=1S/C38H41N3O5S/c1-3-28-22-41-19-17-29(28)20-35(41)36(31-16-18-39-33-15-14-30(44-2)21-32(31)33)46-37(42)34(25-47-24-27-12-8-5-9-13-27)40-38(43)45-23-26-10-6-4-7-11-26/h3-16,18,21,28-29,34-36H,1,17,19-20,22-25H2,2H3,(H,40,43)/t28-,29-,34+,35-,36+/m0/s1. The monoisotopic (exact) mass is 651 g/mol. The van der Waals surface area contributed by atoms with E-state index in [1.165, 1.54) is 0 Å². The van der Waals surface area contributed by atoms with Crippen molar-refractivity contribution < 1.29 is 23.8 Å². The summed E-state index contributed by atoms with van der Waals surface area (Å²) >= 11 is 1.56. The van der Waals surface area contributed by atoms with Crippen LogP contribution in [0.4, 0.5) is 4.79 Å². The molecular weight excluding hydrogens is 611 g/mol. The zero-order valence-electron chi connectivity index (χ0n) is 26.6. The Morgan fingerprint density at radius 2 is 1.83 bits per heavy atom. The Morgan fingerprint density at radius 1 is 1.06 bits per heavy atom. The quantitative estimate of drug-likeness (QED) is 0.123. The van der Waals surface area contributed by atoms with Crippen molar-refractivity contribution in [2.45, 2.75) is 43.4 Å². The average Bonchev–Trinajstić information content (AvgIpc) is 3.13. The number of carbonyl (C=O) groups excluding carboxylic acids is 2. The number of esters is 1. The second-order valence-electron chi connectivity index (χ2n) is 12.1. The Hall–Kier alpha value is -4.34. The molecule has 1 amide bonds. The first kappa shape index (κ1) is 32.6. The van der Waals surface area contributed by atoms with E-state index < -0.39 is 24.2 Å². The summed E-state index contributed by atoms with van der Waals surface area (Å²) in [6.07, 6.45) is 4.54. The SMILES string of the molecule is C=C[C@H]1CN2CC[C@H]1C[C@H]2[C@H](OC(=O)[C@@H](CSCc1ccccc1)NC(=O)OCc1ccccc1)c1ccnc2ccc(OC)cc12. The molecule has 4 aromatic rings. The highest BCUT2D eigenvalue weighted by molar-refractivity contribution is 7.98. The number of fused-ring (bicyclic) bond motifs is 4. The van der Waals surface area contributed by atoms with E-state index in [0.29, 0.717) is 29.1 Å². The molecule has 7 rings (SSSR count). The van der Waals surface area contributed by atoms with Crippen molar-refractivity contribution in [1.82, 2.24) is 15.2 Å². The fraction of sp³-hybridized carbons (Fsp3) is 0.342. The first-order chi connectivity index (χ1) is 23.0. The molecule has 3 saturated heterocycles. The van der Waals surface area contributed by atoms with Crippen LogP contribution in [0.5, 0.6) is 5.75 Å². The number of nitrogens with one attached hydrogen (secondary N) is 1. The summed E-state index contributed by atoms with van der Waals surface area (Å²) in [5.41, 5.74) is 3.66. The maximum absolute atomic E-state index is 14.2. The lowest BCUT2D eigenvalue weighted by Gasteiger charge is -2.51. The number of alkyl carbamates (subject to hydrolysis) is 1. The molecule has 6 atom stereocenters. The second kappa shape index (κ2) is 15.5. The predicted octanol–water partition coefficient (Wildman–Crippen LogP) is 6.95. The molecule has 47 heavy (non-hydrogen) atoms.